The van der Waals surface area contributed by atoms with Gasteiger partial charge in [0, 0.05) is 28.7 Å². The molecule has 2 aromatic rings. The first-order valence-electron chi connectivity index (χ1n) is 6.55. The van der Waals surface area contributed by atoms with Gasteiger partial charge in [-0.3, -0.25) is 10.1 Å². The maximum absolute atomic E-state index is 12.0. The molecule has 3 rings (SSSR count). The number of amides is 1. The number of halogens is 2. The molecule has 22 heavy (non-hydrogen) atoms. The number of anilines is 1. The van der Waals surface area contributed by atoms with E-state index in [1.54, 1.807) is 18.2 Å². The minimum atomic E-state index is -0.512. The van der Waals surface area contributed by atoms with Crippen molar-refractivity contribution >= 4 is 45.6 Å². The van der Waals surface area contributed by atoms with Gasteiger partial charge in [-0.05, 0) is 18.2 Å². The number of hydrogen-bond acceptors (Lipinski definition) is 6. The number of rotatable bonds is 3. The molecule has 6 nitrogen and oxygen atoms in total. The minimum Gasteiger partial charge on any atom is -0.366 e. The second-order valence-electron chi connectivity index (χ2n) is 4.62. The number of benzene rings is 1. The molecule has 0 aliphatic carbocycles. The van der Waals surface area contributed by atoms with Crippen molar-refractivity contribution < 1.29 is 9.53 Å². The zero-order valence-corrected chi connectivity index (χ0v) is 13.6. The summed E-state index contributed by atoms with van der Waals surface area (Å²) in [6, 6.07) is 5.13. The highest BCUT2D eigenvalue weighted by atomic mass is 35.5. The molecule has 1 atom stereocenters. The van der Waals surface area contributed by atoms with Crippen LogP contribution in [0.25, 0.3) is 10.6 Å². The Bertz CT molecular complexity index is 668. The third-order valence-electron chi connectivity index (χ3n) is 2.98. The van der Waals surface area contributed by atoms with Crippen LogP contribution >= 0.6 is 34.5 Å². The molecule has 1 aliphatic heterocycles. The van der Waals surface area contributed by atoms with Crippen molar-refractivity contribution in [2.75, 3.05) is 25.0 Å². The van der Waals surface area contributed by atoms with Crippen molar-refractivity contribution in [1.82, 2.24) is 15.5 Å². The van der Waals surface area contributed by atoms with E-state index in [0.29, 0.717) is 33.3 Å². The summed E-state index contributed by atoms with van der Waals surface area (Å²) in [7, 11) is 0. The number of nitrogens with zero attached hydrogens (tertiary/aromatic N) is 2. The Kier molecular flexibility index (Phi) is 4.90. The normalized spacial score (nSPS) is 18.2. The van der Waals surface area contributed by atoms with Crippen LogP contribution in [-0.4, -0.2) is 41.9 Å². The van der Waals surface area contributed by atoms with Crippen molar-refractivity contribution in [2.24, 2.45) is 0 Å². The van der Waals surface area contributed by atoms with E-state index in [1.807, 2.05) is 0 Å². The highest BCUT2D eigenvalue weighted by Crippen LogP contribution is 2.30. The third-order valence-corrected chi connectivity index (χ3v) is 4.31. The number of ether oxygens (including phenoxy) is 1. The number of nitrogens with one attached hydrogen (secondary N) is 2. The Balaban J connectivity index is 1.72. The molecule has 0 spiro atoms. The fourth-order valence-corrected chi connectivity index (χ4v) is 3.25. The summed E-state index contributed by atoms with van der Waals surface area (Å²) < 4.78 is 5.38. The summed E-state index contributed by atoms with van der Waals surface area (Å²) in [5.41, 5.74) is 0.756. The molecule has 1 aromatic heterocycles. The largest absolute Gasteiger partial charge is 0.366 e. The number of carbonyl (C=O) groups excluding carboxylic acids is 1. The minimum absolute atomic E-state index is 0.237. The molecule has 0 bridgehead atoms. The van der Waals surface area contributed by atoms with Gasteiger partial charge in [0.25, 0.3) is 5.91 Å². The lowest BCUT2D eigenvalue weighted by atomic mass is 10.2. The standard InChI is InChI=1S/C13H12Cl2N4O2S/c14-8-3-7(4-9(15)5-8)12-18-19-13(22-12)17-11(20)10-6-16-1-2-21-10/h3-5,10,16H,1-2,6H2,(H,17,19,20)/t10-/m0/s1. The van der Waals surface area contributed by atoms with Crippen LogP contribution in [0, 0.1) is 0 Å². The fraction of sp³-hybridized carbons (Fsp3) is 0.308. The Hall–Kier alpha value is -1.25. The second-order valence-corrected chi connectivity index (χ2v) is 6.47. The lowest BCUT2D eigenvalue weighted by Gasteiger charge is -2.21. The second kappa shape index (κ2) is 6.89. The van der Waals surface area contributed by atoms with Crippen molar-refractivity contribution in [3.05, 3.63) is 28.2 Å². The number of hydrogen-bond donors (Lipinski definition) is 2. The average molecular weight is 359 g/mol. The molecule has 1 amide bonds. The third kappa shape index (κ3) is 3.74. The molecule has 0 unspecified atom stereocenters. The molecule has 0 radical (unpaired) electrons. The van der Waals surface area contributed by atoms with Crippen molar-refractivity contribution in [3.8, 4) is 10.6 Å². The summed E-state index contributed by atoms with van der Waals surface area (Å²) in [6.07, 6.45) is -0.512. The molecule has 2 heterocycles. The van der Waals surface area contributed by atoms with Gasteiger partial charge < -0.3 is 10.1 Å². The maximum atomic E-state index is 12.0. The quantitative estimate of drug-likeness (QED) is 0.881. The van der Waals surface area contributed by atoms with Crippen LogP contribution in [0.1, 0.15) is 0 Å². The van der Waals surface area contributed by atoms with E-state index in [4.69, 9.17) is 27.9 Å². The SMILES string of the molecule is O=C(Nc1nnc(-c2cc(Cl)cc(Cl)c2)s1)[C@@H]1CNCCO1. The summed E-state index contributed by atoms with van der Waals surface area (Å²) in [5, 5.41) is 15.9. The highest BCUT2D eigenvalue weighted by molar-refractivity contribution is 7.18. The maximum Gasteiger partial charge on any atom is 0.256 e. The summed E-state index contributed by atoms with van der Waals surface area (Å²) in [6.45, 7) is 1.75. The molecule has 1 fully saturated rings. The van der Waals surface area contributed by atoms with Crippen LogP contribution in [0.5, 0.6) is 0 Å². The van der Waals surface area contributed by atoms with E-state index in [9.17, 15) is 4.79 Å². The first kappa shape index (κ1) is 15.6. The first-order valence-corrected chi connectivity index (χ1v) is 8.12. The van der Waals surface area contributed by atoms with E-state index < -0.39 is 6.10 Å². The van der Waals surface area contributed by atoms with Crippen molar-refractivity contribution in [3.63, 3.8) is 0 Å². The Morgan fingerprint density at radius 2 is 2.09 bits per heavy atom. The van der Waals surface area contributed by atoms with Crippen molar-refractivity contribution in [1.29, 1.82) is 0 Å². The molecule has 1 saturated heterocycles. The molecule has 1 aliphatic rings. The molecule has 116 valence electrons. The molecule has 2 N–H and O–H groups in total. The molecule has 0 saturated carbocycles. The zero-order valence-electron chi connectivity index (χ0n) is 11.3. The van der Waals surface area contributed by atoms with Crippen LogP contribution in [0.3, 0.4) is 0 Å². The molecule has 1 aromatic carbocycles. The van der Waals surface area contributed by atoms with Gasteiger partial charge in [0.05, 0.1) is 6.61 Å². The smallest absolute Gasteiger partial charge is 0.256 e. The van der Waals surface area contributed by atoms with Crippen LogP contribution in [0.2, 0.25) is 10.0 Å². The van der Waals surface area contributed by atoms with E-state index in [1.165, 1.54) is 11.3 Å². The number of morpholine rings is 1. The van der Waals surface area contributed by atoms with Gasteiger partial charge in [0.15, 0.2) is 0 Å². The van der Waals surface area contributed by atoms with E-state index >= 15 is 0 Å². The Labute approximate surface area is 140 Å². The predicted molar refractivity (Wildman–Crippen MR) is 86.6 cm³/mol. The molecular weight excluding hydrogens is 347 g/mol. The van der Waals surface area contributed by atoms with Crippen LogP contribution < -0.4 is 10.6 Å². The Morgan fingerprint density at radius 3 is 2.77 bits per heavy atom. The molecular formula is C13H12Cl2N4O2S. The lowest BCUT2D eigenvalue weighted by molar-refractivity contribution is -0.128. The van der Waals surface area contributed by atoms with Gasteiger partial charge >= 0.3 is 0 Å². The topological polar surface area (TPSA) is 76.1 Å². The van der Waals surface area contributed by atoms with Gasteiger partial charge in [-0.25, -0.2) is 0 Å². The summed E-state index contributed by atoms with van der Waals surface area (Å²) in [4.78, 5) is 12.0. The van der Waals surface area contributed by atoms with Gasteiger partial charge in [-0.2, -0.15) is 0 Å². The van der Waals surface area contributed by atoms with Crippen molar-refractivity contribution in [2.45, 2.75) is 6.10 Å². The van der Waals surface area contributed by atoms with Crippen LogP contribution in [0.15, 0.2) is 18.2 Å². The Morgan fingerprint density at radius 1 is 1.32 bits per heavy atom. The summed E-state index contributed by atoms with van der Waals surface area (Å²) >= 11 is 13.2. The summed E-state index contributed by atoms with van der Waals surface area (Å²) in [5.74, 6) is -0.237. The average Bonchev–Trinajstić information content (AvgIpc) is 2.96. The monoisotopic (exact) mass is 358 g/mol. The number of aromatic nitrogens is 2. The van der Waals surface area contributed by atoms with Crippen LogP contribution in [0.4, 0.5) is 5.13 Å². The van der Waals surface area contributed by atoms with Gasteiger partial charge in [-0.15, -0.1) is 10.2 Å². The van der Waals surface area contributed by atoms with E-state index in [-0.39, 0.29) is 5.91 Å². The number of carbonyl (C=O) groups is 1. The highest BCUT2D eigenvalue weighted by Gasteiger charge is 2.23. The molecule has 9 heteroatoms. The zero-order chi connectivity index (χ0) is 15.5. The first-order chi connectivity index (χ1) is 10.6. The predicted octanol–water partition coefficient (Wildman–Crippen LogP) is 2.44. The van der Waals surface area contributed by atoms with Gasteiger partial charge in [0.1, 0.15) is 11.1 Å². The van der Waals surface area contributed by atoms with E-state index in [2.05, 4.69) is 20.8 Å². The fourth-order valence-electron chi connectivity index (χ4n) is 1.99. The van der Waals surface area contributed by atoms with E-state index in [0.717, 1.165) is 12.1 Å². The van der Waals surface area contributed by atoms with Crippen LogP contribution in [-0.2, 0) is 9.53 Å². The lowest BCUT2D eigenvalue weighted by Crippen LogP contribution is -2.45. The van der Waals surface area contributed by atoms with Gasteiger partial charge in [0.2, 0.25) is 5.13 Å². The van der Waals surface area contributed by atoms with Gasteiger partial charge in [-0.1, -0.05) is 34.5 Å².